The summed E-state index contributed by atoms with van der Waals surface area (Å²) in [6.07, 6.45) is 4.52. The quantitative estimate of drug-likeness (QED) is 0.817. The first-order valence-corrected chi connectivity index (χ1v) is 9.06. The highest BCUT2D eigenvalue weighted by molar-refractivity contribution is 5.91. The number of carbonyl (C=O) groups is 1. The Bertz CT molecular complexity index is 615. The van der Waals surface area contributed by atoms with Crippen LogP contribution in [0.3, 0.4) is 0 Å². The Morgan fingerprint density at radius 3 is 2.64 bits per heavy atom. The Kier molecular flexibility index (Phi) is 5.61. The van der Waals surface area contributed by atoms with Crippen LogP contribution in [0, 0.1) is 0 Å². The number of methoxy groups -OCH3 is 1. The van der Waals surface area contributed by atoms with Gasteiger partial charge >= 0.3 is 5.97 Å². The van der Waals surface area contributed by atoms with Crippen molar-refractivity contribution in [3.63, 3.8) is 0 Å². The van der Waals surface area contributed by atoms with Gasteiger partial charge in [0.15, 0.2) is 0 Å². The molecule has 0 aliphatic carbocycles. The highest BCUT2D eigenvalue weighted by atomic mass is 16.5. The van der Waals surface area contributed by atoms with Gasteiger partial charge in [0, 0.05) is 26.2 Å². The van der Waals surface area contributed by atoms with E-state index in [4.69, 9.17) is 4.74 Å². The van der Waals surface area contributed by atoms with Crippen LogP contribution in [0.4, 0.5) is 0 Å². The van der Waals surface area contributed by atoms with Crippen molar-refractivity contribution in [3.8, 4) is 5.75 Å². The van der Waals surface area contributed by atoms with Crippen molar-refractivity contribution in [2.45, 2.75) is 37.8 Å². The van der Waals surface area contributed by atoms with Gasteiger partial charge in [0.1, 0.15) is 11.3 Å². The third kappa shape index (κ3) is 4.51. The van der Waals surface area contributed by atoms with Crippen molar-refractivity contribution in [1.82, 2.24) is 9.80 Å². The molecular formula is C19H28N2O4. The van der Waals surface area contributed by atoms with E-state index in [1.165, 1.54) is 26.4 Å². The van der Waals surface area contributed by atoms with Crippen LogP contribution in [0.25, 0.3) is 0 Å². The first-order valence-electron chi connectivity index (χ1n) is 9.06. The molecule has 25 heavy (non-hydrogen) atoms. The average Bonchev–Trinajstić information content (AvgIpc) is 2.96. The molecule has 6 heteroatoms. The molecule has 2 aliphatic heterocycles. The number of aliphatic hydroxyl groups is 1. The fraction of sp³-hybridized carbons (Fsp3) is 0.632. The van der Waals surface area contributed by atoms with E-state index in [1.54, 1.807) is 12.1 Å². The van der Waals surface area contributed by atoms with Gasteiger partial charge in [0.2, 0.25) is 0 Å². The number of rotatable bonds is 6. The molecule has 0 spiro atoms. The molecule has 1 unspecified atom stereocenters. The molecular weight excluding hydrogens is 320 g/mol. The molecule has 0 aromatic heterocycles. The number of ether oxygens (including phenoxy) is 1. The van der Waals surface area contributed by atoms with E-state index in [0.717, 1.165) is 38.2 Å². The van der Waals surface area contributed by atoms with Gasteiger partial charge in [-0.15, -0.1) is 0 Å². The van der Waals surface area contributed by atoms with Crippen molar-refractivity contribution >= 4 is 5.97 Å². The van der Waals surface area contributed by atoms with E-state index >= 15 is 0 Å². The fourth-order valence-corrected chi connectivity index (χ4v) is 4.02. The van der Waals surface area contributed by atoms with E-state index in [-0.39, 0.29) is 5.56 Å². The predicted molar refractivity (Wildman–Crippen MR) is 95.1 cm³/mol. The second-order valence-corrected chi connectivity index (χ2v) is 7.36. The van der Waals surface area contributed by atoms with Gasteiger partial charge in [0.25, 0.3) is 0 Å². The first kappa shape index (κ1) is 18.2. The second kappa shape index (κ2) is 7.72. The number of piperidine rings is 1. The molecule has 2 saturated heterocycles. The number of carboxylic acid groups (broad SMARTS) is 1. The summed E-state index contributed by atoms with van der Waals surface area (Å²) >= 11 is 0. The summed E-state index contributed by atoms with van der Waals surface area (Å²) in [5.41, 5.74) is 0.461. The van der Waals surface area contributed by atoms with Crippen LogP contribution in [-0.4, -0.2) is 71.4 Å². The molecule has 0 saturated carbocycles. The SMILES string of the molecule is COc1ccc(CN2CCC(O)(CN3CCCCC3)C2)cc1C(=O)O. The number of hydrogen-bond donors (Lipinski definition) is 2. The molecule has 138 valence electrons. The number of nitrogens with zero attached hydrogens (tertiary/aromatic N) is 2. The normalized spacial score (nSPS) is 25.2. The molecule has 3 rings (SSSR count). The number of benzene rings is 1. The van der Waals surface area contributed by atoms with Gasteiger partial charge in [-0.1, -0.05) is 12.5 Å². The maximum atomic E-state index is 11.4. The lowest BCUT2D eigenvalue weighted by molar-refractivity contribution is 0.00633. The lowest BCUT2D eigenvalue weighted by Crippen LogP contribution is -2.46. The minimum atomic E-state index is -0.985. The summed E-state index contributed by atoms with van der Waals surface area (Å²) in [5.74, 6) is -0.610. The van der Waals surface area contributed by atoms with Gasteiger partial charge in [0.05, 0.1) is 12.7 Å². The summed E-state index contributed by atoms with van der Waals surface area (Å²) in [7, 11) is 1.47. The van der Waals surface area contributed by atoms with Crippen molar-refractivity contribution in [1.29, 1.82) is 0 Å². The van der Waals surface area contributed by atoms with E-state index in [1.807, 2.05) is 6.07 Å². The highest BCUT2D eigenvalue weighted by Gasteiger charge is 2.37. The smallest absolute Gasteiger partial charge is 0.339 e. The van der Waals surface area contributed by atoms with E-state index in [2.05, 4.69) is 9.80 Å². The molecule has 2 heterocycles. The number of aromatic carboxylic acids is 1. The Morgan fingerprint density at radius 1 is 1.20 bits per heavy atom. The van der Waals surface area contributed by atoms with Crippen molar-refractivity contribution in [2.75, 3.05) is 39.8 Å². The standard InChI is InChI=1S/C19H28N2O4/c1-25-17-6-5-15(11-16(17)18(22)23)12-21-10-7-19(24,14-21)13-20-8-3-2-4-9-20/h5-6,11,24H,2-4,7-10,12-14H2,1H3,(H,22,23). The van der Waals surface area contributed by atoms with Crippen LogP contribution >= 0.6 is 0 Å². The topological polar surface area (TPSA) is 73.2 Å². The third-order valence-corrected chi connectivity index (χ3v) is 5.28. The van der Waals surface area contributed by atoms with Gasteiger partial charge in [-0.3, -0.25) is 4.90 Å². The molecule has 2 fully saturated rings. The van der Waals surface area contributed by atoms with Crippen LogP contribution in [0.5, 0.6) is 5.75 Å². The molecule has 1 atom stereocenters. The summed E-state index contributed by atoms with van der Waals surface area (Å²) in [4.78, 5) is 15.9. The minimum Gasteiger partial charge on any atom is -0.496 e. The molecule has 2 aliphatic rings. The van der Waals surface area contributed by atoms with Crippen LogP contribution in [0.1, 0.15) is 41.6 Å². The average molecular weight is 348 g/mol. The first-order chi connectivity index (χ1) is 12.0. The van der Waals surface area contributed by atoms with Crippen LogP contribution in [-0.2, 0) is 6.54 Å². The molecule has 2 N–H and O–H groups in total. The lowest BCUT2D eigenvalue weighted by atomic mass is 10.0. The maximum absolute atomic E-state index is 11.4. The zero-order valence-corrected chi connectivity index (χ0v) is 14.9. The van der Waals surface area contributed by atoms with Gasteiger partial charge in [-0.25, -0.2) is 4.79 Å². The number of likely N-dealkylation sites (tertiary alicyclic amines) is 2. The van der Waals surface area contributed by atoms with E-state index in [0.29, 0.717) is 18.8 Å². The third-order valence-electron chi connectivity index (χ3n) is 5.28. The summed E-state index contributed by atoms with van der Waals surface area (Å²) in [6, 6.07) is 5.27. The molecule has 0 amide bonds. The van der Waals surface area contributed by atoms with E-state index < -0.39 is 11.6 Å². The lowest BCUT2D eigenvalue weighted by Gasteiger charge is -2.33. The molecule has 6 nitrogen and oxygen atoms in total. The number of hydrogen-bond acceptors (Lipinski definition) is 5. The Labute approximate surface area is 149 Å². The predicted octanol–water partition coefficient (Wildman–Crippen LogP) is 1.82. The van der Waals surface area contributed by atoms with Gasteiger partial charge in [-0.2, -0.15) is 0 Å². The van der Waals surface area contributed by atoms with Crippen molar-refractivity contribution < 1.29 is 19.7 Å². The number of β-amino-alcohol motifs (C(OH)–C–C–N with tert-alkyl or cyclic N) is 1. The monoisotopic (exact) mass is 348 g/mol. The van der Waals surface area contributed by atoms with Crippen LogP contribution < -0.4 is 4.74 Å². The zero-order valence-electron chi connectivity index (χ0n) is 14.9. The second-order valence-electron chi connectivity index (χ2n) is 7.36. The largest absolute Gasteiger partial charge is 0.496 e. The maximum Gasteiger partial charge on any atom is 0.339 e. The summed E-state index contributed by atoms with van der Waals surface area (Å²) < 4.78 is 5.11. The van der Waals surface area contributed by atoms with Crippen LogP contribution in [0.15, 0.2) is 18.2 Å². The van der Waals surface area contributed by atoms with E-state index in [9.17, 15) is 15.0 Å². The molecule has 0 radical (unpaired) electrons. The summed E-state index contributed by atoms with van der Waals surface area (Å²) in [5, 5.41) is 20.2. The molecule has 1 aromatic carbocycles. The zero-order chi connectivity index (χ0) is 17.9. The Morgan fingerprint density at radius 2 is 1.96 bits per heavy atom. The minimum absolute atomic E-state index is 0.183. The van der Waals surface area contributed by atoms with Gasteiger partial charge in [-0.05, 0) is 50.0 Å². The molecule has 1 aromatic rings. The molecule has 0 bridgehead atoms. The van der Waals surface area contributed by atoms with Crippen molar-refractivity contribution in [3.05, 3.63) is 29.3 Å². The Balaban J connectivity index is 1.60. The van der Waals surface area contributed by atoms with Crippen molar-refractivity contribution in [2.24, 2.45) is 0 Å². The fourth-order valence-electron chi connectivity index (χ4n) is 4.02. The number of carboxylic acids is 1. The summed E-state index contributed by atoms with van der Waals surface area (Å²) in [6.45, 7) is 5.03. The van der Waals surface area contributed by atoms with Gasteiger partial charge < -0.3 is 19.8 Å². The Hall–Kier alpha value is -1.63. The van der Waals surface area contributed by atoms with Crippen LogP contribution in [0.2, 0.25) is 0 Å². The highest BCUT2D eigenvalue weighted by Crippen LogP contribution is 2.27.